The van der Waals surface area contributed by atoms with Gasteiger partial charge in [-0.3, -0.25) is 9.80 Å². The average molecular weight is 359 g/mol. The minimum absolute atomic E-state index is 0.171. The predicted molar refractivity (Wildman–Crippen MR) is 116 cm³/mol. The second-order valence-electron chi connectivity index (χ2n) is 11.0. The standard InChI is InChI=1S/C24H42N2/c1-11-13-25-21(3,4)15-19(16-22(25,5)6)20-17-23(7,8)26(14-12-2)24(9,10)18-20/h11-12H,1-2,13-18H2,3-10H3. The van der Waals surface area contributed by atoms with Gasteiger partial charge in [-0.1, -0.05) is 23.3 Å². The number of rotatable bonds is 4. The molecular weight excluding hydrogens is 316 g/mol. The van der Waals surface area contributed by atoms with Crippen molar-refractivity contribution in [1.82, 2.24) is 9.80 Å². The number of hydrogen-bond donors (Lipinski definition) is 0. The second kappa shape index (κ2) is 6.95. The van der Waals surface area contributed by atoms with Gasteiger partial charge in [0.15, 0.2) is 0 Å². The summed E-state index contributed by atoms with van der Waals surface area (Å²) >= 11 is 0. The van der Waals surface area contributed by atoms with Crippen molar-refractivity contribution in [3.63, 3.8) is 0 Å². The van der Waals surface area contributed by atoms with Crippen molar-refractivity contribution in [1.29, 1.82) is 0 Å². The van der Waals surface area contributed by atoms with E-state index in [-0.39, 0.29) is 22.2 Å². The normalized spacial score (nSPS) is 28.0. The van der Waals surface area contributed by atoms with Gasteiger partial charge in [0.2, 0.25) is 0 Å². The molecule has 2 heterocycles. The number of hydrogen-bond acceptors (Lipinski definition) is 2. The van der Waals surface area contributed by atoms with E-state index in [9.17, 15) is 0 Å². The molecule has 0 bridgehead atoms. The smallest absolute Gasteiger partial charge is 0.0199 e. The van der Waals surface area contributed by atoms with Gasteiger partial charge < -0.3 is 0 Å². The molecule has 148 valence electrons. The van der Waals surface area contributed by atoms with E-state index >= 15 is 0 Å². The molecule has 2 heteroatoms. The molecule has 0 aliphatic carbocycles. The van der Waals surface area contributed by atoms with Crippen LogP contribution >= 0.6 is 0 Å². The molecule has 26 heavy (non-hydrogen) atoms. The van der Waals surface area contributed by atoms with Crippen LogP contribution in [0.3, 0.4) is 0 Å². The fourth-order valence-corrected chi connectivity index (χ4v) is 5.98. The molecule has 0 atom stereocenters. The molecule has 2 nitrogen and oxygen atoms in total. The summed E-state index contributed by atoms with van der Waals surface area (Å²) in [7, 11) is 0. The van der Waals surface area contributed by atoms with Gasteiger partial charge in [0.25, 0.3) is 0 Å². The first-order valence-corrected chi connectivity index (χ1v) is 10.2. The zero-order valence-electron chi connectivity index (χ0n) is 18.7. The van der Waals surface area contributed by atoms with Crippen LogP contribution in [0, 0.1) is 0 Å². The predicted octanol–water partition coefficient (Wildman–Crippen LogP) is 5.96. The Balaban J connectivity index is 2.42. The third-order valence-electron chi connectivity index (χ3n) is 6.63. The van der Waals surface area contributed by atoms with Crippen LogP contribution in [0.2, 0.25) is 0 Å². The fourth-order valence-electron chi connectivity index (χ4n) is 5.98. The van der Waals surface area contributed by atoms with Crippen LogP contribution in [0.5, 0.6) is 0 Å². The first-order chi connectivity index (χ1) is 11.8. The van der Waals surface area contributed by atoms with E-state index < -0.39 is 0 Å². The first kappa shape index (κ1) is 21.4. The first-order valence-electron chi connectivity index (χ1n) is 10.2. The van der Waals surface area contributed by atoms with E-state index in [2.05, 4.69) is 90.5 Å². The second-order valence-corrected chi connectivity index (χ2v) is 11.0. The largest absolute Gasteiger partial charge is 0.289 e. The third kappa shape index (κ3) is 4.02. The van der Waals surface area contributed by atoms with Crippen molar-refractivity contribution in [2.45, 2.75) is 103 Å². The lowest BCUT2D eigenvalue weighted by atomic mass is 9.69. The number of nitrogens with zero attached hydrogens (tertiary/aromatic N) is 2. The molecule has 2 aliphatic heterocycles. The topological polar surface area (TPSA) is 6.48 Å². The van der Waals surface area contributed by atoms with Crippen molar-refractivity contribution in [3.8, 4) is 0 Å². The molecule has 0 amide bonds. The maximum atomic E-state index is 3.99. The van der Waals surface area contributed by atoms with E-state index in [0.29, 0.717) is 0 Å². The SMILES string of the molecule is C=CCN1C(C)(C)CC(=C2CC(C)(C)N(CC=C)C(C)(C)C2)CC1(C)C. The molecule has 0 aromatic heterocycles. The van der Waals surface area contributed by atoms with E-state index in [0.717, 1.165) is 13.1 Å². The highest BCUT2D eigenvalue weighted by Crippen LogP contribution is 2.48. The minimum Gasteiger partial charge on any atom is -0.289 e. The maximum Gasteiger partial charge on any atom is 0.0199 e. The Hall–Kier alpha value is -0.860. The molecule has 0 aromatic carbocycles. The van der Waals surface area contributed by atoms with Gasteiger partial charge in [-0.05, 0) is 81.1 Å². The summed E-state index contributed by atoms with van der Waals surface area (Å²) < 4.78 is 0. The van der Waals surface area contributed by atoms with Crippen molar-refractivity contribution in [2.24, 2.45) is 0 Å². The molecule has 2 aliphatic rings. The molecule has 0 saturated carbocycles. The van der Waals surface area contributed by atoms with Crippen molar-refractivity contribution >= 4 is 0 Å². The van der Waals surface area contributed by atoms with Crippen molar-refractivity contribution in [3.05, 3.63) is 36.5 Å². The minimum atomic E-state index is 0.171. The summed E-state index contributed by atoms with van der Waals surface area (Å²) in [6.07, 6.45) is 8.81. The van der Waals surface area contributed by atoms with Gasteiger partial charge in [-0.2, -0.15) is 0 Å². The third-order valence-corrected chi connectivity index (χ3v) is 6.63. The van der Waals surface area contributed by atoms with E-state index in [1.807, 2.05) is 0 Å². The number of likely N-dealkylation sites (tertiary alicyclic amines) is 2. The molecule has 0 radical (unpaired) electrons. The molecule has 2 saturated heterocycles. The summed E-state index contributed by atoms with van der Waals surface area (Å²) in [6.45, 7) is 29.1. The van der Waals surface area contributed by atoms with Crippen molar-refractivity contribution in [2.75, 3.05) is 13.1 Å². The van der Waals surface area contributed by atoms with Gasteiger partial charge in [0, 0.05) is 35.2 Å². The Morgan fingerprint density at radius 2 is 0.846 bits per heavy atom. The quantitative estimate of drug-likeness (QED) is 0.572. The highest BCUT2D eigenvalue weighted by atomic mass is 15.3. The van der Waals surface area contributed by atoms with Crippen molar-refractivity contribution < 1.29 is 0 Å². The Kier molecular flexibility index (Phi) is 5.73. The average Bonchev–Trinajstić information content (AvgIpc) is 2.45. The lowest BCUT2D eigenvalue weighted by molar-refractivity contribution is -0.00678. The summed E-state index contributed by atoms with van der Waals surface area (Å²) in [5.74, 6) is 0. The van der Waals surface area contributed by atoms with E-state index in [4.69, 9.17) is 0 Å². The van der Waals surface area contributed by atoms with Crippen LogP contribution in [-0.4, -0.2) is 45.0 Å². The summed E-state index contributed by atoms with van der Waals surface area (Å²) in [5, 5.41) is 0. The molecule has 0 aromatic rings. The molecule has 2 fully saturated rings. The lowest BCUT2D eigenvalue weighted by Gasteiger charge is -2.57. The van der Waals surface area contributed by atoms with Crippen LogP contribution < -0.4 is 0 Å². The molecule has 2 rings (SSSR count). The Labute approximate surface area is 163 Å². The monoisotopic (exact) mass is 358 g/mol. The Bertz CT molecular complexity index is 497. The number of piperidine rings is 2. The fraction of sp³-hybridized carbons (Fsp3) is 0.750. The summed E-state index contributed by atoms with van der Waals surface area (Å²) in [6, 6.07) is 0. The molecule has 0 spiro atoms. The van der Waals surface area contributed by atoms with Gasteiger partial charge in [0.05, 0.1) is 0 Å². The Morgan fingerprint density at radius 1 is 0.615 bits per heavy atom. The molecular formula is C24H42N2. The van der Waals surface area contributed by atoms with Crippen LogP contribution in [0.25, 0.3) is 0 Å². The van der Waals surface area contributed by atoms with Crippen LogP contribution in [-0.2, 0) is 0 Å². The maximum absolute atomic E-state index is 3.99. The van der Waals surface area contributed by atoms with E-state index in [1.165, 1.54) is 25.7 Å². The lowest BCUT2D eigenvalue weighted by Crippen LogP contribution is -2.61. The van der Waals surface area contributed by atoms with Gasteiger partial charge >= 0.3 is 0 Å². The van der Waals surface area contributed by atoms with Gasteiger partial charge in [0.1, 0.15) is 0 Å². The highest BCUT2D eigenvalue weighted by molar-refractivity contribution is 5.29. The van der Waals surface area contributed by atoms with Crippen LogP contribution in [0.15, 0.2) is 36.5 Å². The zero-order chi connectivity index (χ0) is 20.0. The Morgan fingerprint density at radius 3 is 1.04 bits per heavy atom. The summed E-state index contributed by atoms with van der Waals surface area (Å²) in [4.78, 5) is 5.28. The molecule has 0 unspecified atom stereocenters. The molecule has 0 N–H and O–H groups in total. The van der Waals surface area contributed by atoms with Crippen LogP contribution in [0.1, 0.15) is 81.1 Å². The zero-order valence-corrected chi connectivity index (χ0v) is 18.7. The van der Waals surface area contributed by atoms with Crippen LogP contribution in [0.4, 0.5) is 0 Å². The van der Waals surface area contributed by atoms with Gasteiger partial charge in [-0.25, -0.2) is 0 Å². The van der Waals surface area contributed by atoms with E-state index in [1.54, 1.807) is 11.1 Å². The highest BCUT2D eigenvalue weighted by Gasteiger charge is 2.47. The summed E-state index contributed by atoms with van der Waals surface area (Å²) in [5.41, 5.74) is 4.10. The van der Waals surface area contributed by atoms with Gasteiger partial charge in [-0.15, -0.1) is 13.2 Å².